The smallest absolute Gasteiger partial charge is 0.748 e. The molecule has 0 heterocycles. The normalized spacial score (nSPS) is 13.8. The third-order valence-electron chi connectivity index (χ3n) is 5.78. The Morgan fingerprint density at radius 1 is 0.655 bits per heavy atom. The molecule has 0 bridgehead atoms. The topological polar surface area (TPSA) is 77.4 Å². The first-order valence-electron chi connectivity index (χ1n) is 12.0. The van der Waals surface area contributed by atoms with Gasteiger partial charge in [-0.05, 0) is 26.2 Å². The van der Waals surface area contributed by atoms with E-state index >= 15 is 0 Å². The number of unbranched alkanes of at least 4 members (excludes halogenated alkanes) is 14. The number of aliphatic hydroxyl groups is 1. The minimum absolute atomic E-state index is 0. The van der Waals surface area contributed by atoms with Crippen molar-refractivity contribution < 1.29 is 69.5 Å². The first kappa shape index (κ1) is 32.7. The molecule has 0 saturated carbocycles. The minimum Gasteiger partial charge on any atom is -0.748 e. The van der Waals surface area contributed by atoms with E-state index < -0.39 is 15.4 Å². The molecule has 0 amide bonds. The number of aliphatic hydroxyl groups excluding tert-OH is 1. The van der Waals surface area contributed by atoms with Crippen LogP contribution in [0.25, 0.3) is 0 Å². The number of hydrogen-bond donors (Lipinski definition) is 1. The van der Waals surface area contributed by atoms with Gasteiger partial charge in [0.1, 0.15) is 0 Å². The van der Waals surface area contributed by atoms with Gasteiger partial charge in [0.15, 0.2) is 0 Å². The van der Waals surface area contributed by atoms with Gasteiger partial charge in [0.05, 0.1) is 16.2 Å². The Kier molecular flexibility index (Phi) is 25.6. The SMILES string of the molecule is CCCCCCCCCCCCCCCC(O)CCCCCC(C)S(=O)(=O)[O-].[K+]. The molecule has 0 spiro atoms. The Labute approximate surface area is 224 Å². The van der Waals surface area contributed by atoms with Crippen LogP contribution in [-0.2, 0) is 10.1 Å². The van der Waals surface area contributed by atoms with Crippen molar-refractivity contribution in [3.8, 4) is 0 Å². The van der Waals surface area contributed by atoms with E-state index in [1.807, 2.05) is 0 Å². The van der Waals surface area contributed by atoms with E-state index in [1.54, 1.807) is 0 Å². The summed E-state index contributed by atoms with van der Waals surface area (Å²) in [6.07, 6.45) is 21.8. The molecule has 0 aliphatic rings. The Hall–Kier alpha value is 1.51. The molecule has 2 unspecified atom stereocenters. The predicted octanol–water partition coefficient (Wildman–Crippen LogP) is 3.72. The van der Waals surface area contributed by atoms with Gasteiger partial charge in [-0.15, -0.1) is 0 Å². The Balaban J connectivity index is 0. The van der Waals surface area contributed by atoms with Gasteiger partial charge in [0, 0.05) is 5.25 Å². The zero-order chi connectivity index (χ0) is 21.1. The summed E-state index contributed by atoms with van der Waals surface area (Å²) in [6.45, 7) is 3.74. The molecule has 0 fully saturated rings. The van der Waals surface area contributed by atoms with Crippen LogP contribution in [0, 0.1) is 0 Å². The molecule has 0 aliphatic carbocycles. The van der Waals surface area contributed by atoms with Crippen molar-refractivity contribution in [2.45, 2.75) is 147 Å². The first-order valence-corrected chi connectivity index (χ1v) is 13.5. The van der Waals surface area contributed by atoms with Crippen LogP contribution in [0.3, 0.4) is 0 Å². The van der Waals surface area contributed by atoms with Gasteiger partial charge >= 0.3 is 51.4 Å². The summed E-state index contributed by atoms with van der Waals surface area (Å²) in [5.74, 6) is 0. The number of rotatable bonds is 21. The average Bonchev–Trinajstić information content (AvgIpc) is 2.64. The second-order valence-electron chi connectivity index (χ2n) is 8.63. The molecule has 170 valence electrons. The average molecular weight is 459 g/mol. The molecule has 1 N–H and O–H groups in total. The molecule has 0 saturated heterocycles. The molecule has 0 aromatic rings. The summed E-state index contributed by atoms with van der Waals surface area (Å²) >= 11 is 0. The van der Waals surface area contributed by atoms with Crippen molar-refractivity contribution >= 4 is 10.1 Å². The van der Waals surface area contributed by atoms with Crippen molar-refractivity contribution in [2.24, 2.45) is 0 Å². The van der Waals surface area contributed by atoms with Crippen molar-refractivity contribution in [1.82, 2.24) is 0 Å². The Bertz CT molecular complexity index is 429. The summed E-state index contributed by atoms with van der Waals surface area (Å²) in [5.41, 5.74) is 0. The quantitative estimate of drug-likeness (QED) is 0.162. The van der Waals surface area contributed by atoms with E-state index in [2.05, 4.69) is 6.92 Å². The maximum absolute atomic E-state index is 10.8. The third kappa shape index (κ3) is 24.0. The maximum atomic E-state index is 10.8. The van der Waals surface area contributed by atoms with Crippen molar-refractivity contribution in [1.29, 1.82) is 0 Å². The van der Waals surface area contributed by atoms with Gasteiger partial charge in [-0.3, -0.25) is 0 Å². The molecule has 6 heteroatoms. The Morgan fingerprint density at radius 2 is 0.966 bits per heavy atom. The van der Waals surface area contributed by atoms with Crippen LogP contribution in [0.2, 0.25) is 0 Å². The van der Waals surface area contributed by atoms with Crippen molar-refractivity contribution in [3.63, 3.8) is 0 Å². The van der Waals surface area contributed by atoms with Crippen molar-refractivity contribution in [3.05, 3.63) is 0 Å². The molecule has 0 radical (unpaired) electrons. The largest absolute Gasteiger partial charge is 1.00 e. The summed E-state index contributed by atoms with van der Waals surface area (Å²) < 4.78 is 32.4. The van der Waals surface area contributed by atoms with E-state index in [-0.39, 0.29) is 57.5 Å². The molecule has 0 aromatic heterocycles. The first-order chi connectivity index (χ1) is 13.4. The van der Waals surface area contributed by atoms with Crippen molar-refractivity contribution in [2.75, 3.05) is 0 Å². The molecular weight excluding hydrogens is 411 g/mol. The molecule has 4 nitrogen and oxygen atoms in total. The molecule has 29 heavy (non-hydrogen) atoms. The van der Waals surface area contributed by atoms with Gasteiger partial charge in [-0.25, -0.2) is 8.42 Å². The fraction of sp³-hybridized carbons (Fsp3) is 1.00. The van der Waals surface area contributed by atoms with Crippen LogP contribution >= 0.6 is 0 Å². The van der Waals surface area contributed by atoms with Crippen LogP contribution in [0.15, 0.2) is 0 Å². The second-order valence-corrected chi connectivity index (χ2v) is 10.4. The summed E-state index contributed by atoms with van der Waals surface area (Å²) in [6, 6.07) is 0. The van der Waals surface area contributed by atoms with Gasteiger partial charge < -0.3 is 9.66 Å². The van der Waals surface area contributed by atoms with Crippen LogP contribution in [0.1, 0.15) is 136 Å². The molecule has 0 rings (SSSR count). The summed E-state index contributed by atoms with van der Waals surface area (Å²) in [5, 5.41) is 9.23. The van der Waals surface area contributed by atoms with Crippen LogP contribution in [-0.4, -0.2) is 29.4 Å². The van der Waals surface area contributed by atoms with E-state index in [0.29, 0.717) is 6.42 Å². The second kappa shape index (κ2) is 22.7. The molecule has 2 atom stereocenters. The monoisotopic (exact) mass is 458 g/mol. The number of hydrogen-bond acceptors (Lipinski definition) is 4. The van der Waals surface area contributed by atoms with Gasteiger partial charge in [-0.2, -0.15) is 0 Å². The van der Waals surface area contributed by atoms with E-state index in [1.165, 1.54) is 84.0 Å². The third-order valence-corrected chi connectivity index (χ3v) is 7.00. The fourth-order valence-electron chi connectivity index (χ4n) is 3.67. The summed E-state index contributed by atoms with van der Waals surface area (Å²) in [7, 11) is -4.14. The maximum Gasteiger partial charge on any atom is 1.00 e. The van der Waals surface area contributed by atoms with E-state index in [9.17, 15) is 18.1 Å². The summed E-state index contributed by atoms with van der Waals surface area (Å²) in [4.78, 5) is 0. The predicted molar refractivity (Wildman–Crippen MR) is 119 cm³/mol. The molecule has 0 aliphatic heterocycles. The van der Waals surface area contributed by atoms with Crippen LogP contribution in [0.4, 0.5) is 0 Å². The fourth-order valence-corrected chi connectivity index (χ4v) is 4.13. The van der Waals surface area contributed by atoms with Crippen LogP contribution < -0.4 is 51.4 Å². The Morgan fingerprint density at radius 3 is 1.34 bits per heavy atom. The van der Waals surface area contributed by atoms with Gasteiger partial charge in [0.25, 0.3) is 0 Å². The van der Waals surface area contributed by atoms with E-state index in [0.717, 1.165) is 38.5 Å². The van der Waals surface area contributed by atoms with Gasteiger partial charge in [0.2, 0.25) is 0 Å². The zero-order valence-electron chi connectivity index (χ0n) is 19.7. The standard InChI is InChI=1S/C23H48O4S.K/c1-3-4-5-6-7-8-9-10-11-12-13-14-17-20-23(24)21-18-15-16-19-22(2)28(25,26)27;/h22-24H,3-21H2,1-2H3,(H,25,26,27);/q;+1/p-1. The van der Waals surface area contributed by atoms with E-state index in [4.69, 9.17) is 0 Å². The zero-order valence-corrected chi connectivity index (χ0v) is 23.6. The van der Waals surface area contributed by atoms with Crippen LogP contribution in [0.5, 0.6) is 0 Å². The minimum atomic E-state index is -4.14. The molecular formula is C23H47KO4S. The molecule has 0 aromatic carbocycles. The van der Waals surface area contributed by atoms with Gasteiger partial charge in [-0.1, -0.05) is 110 Å².